The summed E-state index contributed by atoms with van der Waals surface area (Å²) >= 11 is 0. The highest BCUT2D eigenvalue weighted by Crippen LogP contribution is 2.34. The van der Waals surface area contributed by atoms with Crippen molar-refractivity contribution in [1.82, 2.24) is 5.32 Å². The SMILES string of the molecule is CCc1ccc(CNC2(CC)CCC2)o1. The molecule has 0 spiro atoms. The summed E-state index contributed by atoms with van der Waals surface area (Å²) in [4.78, 5) is 0. The minimum Gasteiger partial charge on any atom is -0.465 e. The lowest BCUT2D eigenvalue weighted by molar-refractivity contribution is 0.170. The maximum Gasteiger partial charge on any atom is 0.117 e. The summed E-state index contributed by atoms with van der Waals surface area (Å²) in [6.45, 7) is 5.27. The first-order valence-corrected chi connectivity index (χ1v) is 6.10. The van der Waals surface area contributed by atoms with E-state index in [-0.39, 0.29) is 0 Å². The molecule has 2 heteroatoms. The van der Waals surface area contributed by atoms with E-state index in [4.69, 9.17) is 4.42 Å². The van der Waals surface area contributed by atoms with Crippen LogP contribution in [0.1, 0.15) is 51.1 Å². The van der Waals surface area contributed by atoms with E-state index >= 15 is 0 Å². The molecule has 0 amide bonds. The Hall–Kier alpha value is -0.760. The van der Waals surface area contributed by atoms with Crippen molar-refractivity contribution in [2.75, 3.05) is 0 Å². The highest BCUT2D eigenvalue weighted by atomic mass is 16.3. The third-order valence-electron chi connectivity index (χ3n) is 3.69. The molecule has 0 bridgehead atoms. The Morgan fingerprint density at radius 1 is 1.27 bits per heavy atom. The van der Waals surface area contributed by atoms with Crippen LogP contribution in [0, 0.1) is 0 Å². The van der Waals surface area contributed by atoms with Crippen molar-refractivity contribution in [3.63, 3.8) is 0 Å². The Balaban J connectivity index is 1.86. The van der Waals surface area contributed by atoms with E-state index in [1.165, 1.54) is 25.7 Å². The van der Waals surface area contributed by atoms with Crippen LogP contribution in [0.5, 0.6) is 0 Å². The van der Waals surface area contributed by atoms with Crippen LogP contribution in [0.25, 0.3) is 0 Å². The first kappa shape index (κ1) is 10.7. The van der Waals surface area contributed by atoms with Crippen LogP contribution in [0.3, 0.4) is 0 Å². The van der Waals surface area contributed by atoms with Crippen LogP contribution in [-0.4, -0.2) is 5.54 Å². The van der Waals surface area contributed by atoms with Gasteiger partial charge in [0.1, 0.15) is 11.5 Å². The van der Waals surface area contributed by atoms with Crippen molar-refractivity contribution < 1.29 is 4.42 Å². The third kappa shape index (κ3) is 2.25. The van der Waals surface area contributed by atoms with Crippen LogP contribution >= 0.6 is 0 Å². The van der Waals surface area contributed by atoms with Crippen LogP contribution < -0.4 is 5.32 Å². The predicted octanol–water partition coefficient (Wildman–Crippen LogP) is 3.26. The lowest BCUT2D eigenvalue weighted by Crippen LogP contribution is -2.49. The van der Waals surface area contributed by atoms with Crippen LogP contribution in [0.15, 0.2) is 16.5 Å². The van der Waals surface area contributed by atoms with E-state index in [2.05, 4.69) is 31.3 Å². The van der Waals surface area contributed by atoms with Crippen molar-refractivity contribution in [2.45, 2.75) is 58.0 Å². The maximum absolute atomic E-state index is 5.68. The molecule has 1 aromatic rings. The van der Waals surface area contributed by atoms with Crippen molar-refractivity contribution in [3.8, 4) is 0 Å². The summed E-state index contributed by atoms with van der Waals surface area (Å²) in [5, 5.41) is 3.64. The number of hydrogen-bond donors (Lipinski definition) is 1. The summed E-state index contributed by atoms with van der Waals surface area (Å²) in [5.41, 5.74) is 0.416. The van der Waals surface area contributed by atoms with Gasteiger partial charge in [-0.1, -0.05) is 13.8 Å². The Labute approximate surface area is 92.1 Å². The topological polar surface area (TPSA) is 25.2 Å². The highest BCUT2D eigenvalue weighted by molar-refractivity contribution is 5.08. The molecule has 1 aliphatic carbocycles. The van der Waals surface area contributed by atoms with Crippen LogP contribution in [0.2, 0.25) is 0 Å². The van der Waals surface area contributed by atoms with Crippen molar-refractivity contribution >= 4 is 0 Å². The van der Waals surface area contributed by atoms with E-state index in [9.17, 15) is 0 Å². The Kier molecular flexibility index (Phi) is 3.15. The summed E-state index contributed by atoms with van der Waals surface area (Å²) in [6, 6.07) is 4.17. The van der Waals surface area contributed by atoms with E-state index in [1.807, 2.05) is 0 Å². The molecule has 1 aliphatic rings. The lowest BCUT2D eigenvalue weighted by atomic mass is 9.75. The molecule has 2 rings (SSSR count). The molecule has 0 saturated heterocycles. The molecule has 1 saturated carbocycles. The molecule has 0 unspecified atom stereocenters. The third-order valence-corrected chi connectivity index (χ3v) is 3.69. The summed E-state index contributed by atoms with van der Waals surface area (Å²) < 4.78 is 5.68. The second-order valence-electron chi connectivity index (χ2n) is 4.56. The number of hydrogen-bond acceptors (Lipinski definition) is 2. The largest absolute Gasteiger partial charge is 0.465 e. The molecule has 0 atom stereocenters. The van der Waals surface area contributed by atoms with E-state index in [0.717, 1.165) is 24.5 Å². The van der Waals surface area contributed by atoms with E-state index < -0.39 is 0 Å². The van der Waals surface area contributed by atoms with Crippen LogP contribution in [0.4, 0.5) is 0 Å². The van der Waals surface area contributed by atoms with Gasteiger partial charge in [-0.2, -0.15) is 0 Å². The fraction of sp³-hybridized carbons (Fsp3) is 0.692. The average molecular weight is 207 g/mol. The Morgan fingerprint density at radius 3 is 2.47 bits per heavy atom. The number of rotatable bonds is 5. The normalized spacial score (nSPS) is 18.8. The Morgan fingerprint density at radius 2 is 2.00 bits per heavy atom. The summed E-state index contributed by atoms with van der Waals surface area (Å²) in [7, 11) is 0. The van der Waals surface area contributed by atoms with Gasteiger partial charge in [0, 0.05) is 12.0 Å². The smallest absolute Gasteiger partial charge is 0.117 e. The van der Waals surface area contributed by atoms with Gasteiger partial charge in [-0.3, -0.25) is 0 Å². The van der Waals surface area contributed by atoms with E-state index in [1.54, 1.807) is 0 Å². The van der Waals surface area contributed by atoms with E-state index in [0.29, 0.717) is 5.54 Å². The molecular formula is C13H21NO. The molecule has 1 N–H and O–H groups in total. The van der Waals surface area contributed by atoms with Crippen molar-refractivity contribution in [3.05, 3.63) is 23.7 Å². The summed E-state index contributed by atoms with van der Waals surface area (Å²) in [6.07, 6.45) is 6.24. The van der Waals surface area contributed by atoms with Gasteiger partial charge in [0.2, 0.25) is 0 Å². The maximum atomic E-state index is 5.68. The van der Waals surface area contributed by atoms with Gasteiger partial charge in [0.25, 0.3) is 0 Å². The predicted molar refractivity (Wildman–Crippen MR) is 61.8 cm³/mol. The quantitative estimate of drug-likeness (QED) is 0.801. The monoisotopic (exact) mass is 207 g/mol. The molecule has 1 heterocycles. The van der Waals surface area contributed by atoms with Crippen molar-refractivity contribution in [2.24, 2.45) is 0 Å². The molecule has 0 aromatic carbocycles. The highest BCUT2D eigenvalue weighted by Gasteiger charge is 2.34. The van der Waals surface area contributed by atoms with Crippen molar-refractivity contribution in [1.29, 1.82) is 0 Å². The molecule has 15 heavy (non-hydrogen) atoms. The minimum absolute atomic E-state index is 0.416. The number of furan rings is 1. The minimum atomic E-state index is 0.416. The fourth-order valence-electron chi connectivity index (χ4n) is 2.24. The van der Waals surface area contributed by atoms with Gasteiger partial charge in [-0.15, -0.1) is 0 Å². The number of nitrogens with one attached hydrogen (secondary N) is 1. The molecular weight excluding hydrogens is 186 g/mol. The first-order chi connectivity index (χ1) is 7.28. The lowest BCUT2D eigenvalue weighted by Gasteiger charge is -2.42. The van der Waals surface area contributed by atoms with Gasteiger partial charge in [0.05, 0.1) is 6.54 Å². The summed E-state index contributed by atoms with van der Waals surface area (Å²) in [5.74, 6) is 2.16. The van der Waals surface area contributed by atoms with Gasteiger partial charge >= 0.3 is 0 Å². The second kappa shape index (κ2) is 4.40. The molecule has 1 aromatic heterocycles. The zero-order chi connectivity index (χ0) is 10.7. The molecule has 0 aliphatic heterocycles. The van der Waals surface area contributed by atoms with Gasteiger partial charge < -0.3 is 9.73 Å². The molecule has 2 nitrogen and oxygen atoms in total. The zero-order valence-electron chi connectivity index (χ0n) is 9.81. The standard InChI is InChI=1S/C13H21NO/c1-3-11-6-7-12(15-11)10-14-13(4-2)8-5-9-13/h6-7,14H,3-5,8-10H2,1-2H3. The first-order valence-electron chi connectivity index (χ1n) is 6.10. The van der Waals surface area contributed by atoms with Gasteiger partial charge in [-0.25, -0.2) is 0 Å². The Bertz CT molecular complexity index is 307. The van der Waals surface area contributed by atoms with Crippen LogP contribution in [-0.2, 0) is 13.0 Å². The average Bonchev–Trinajstić information content (AvgIpc) is 2.65. The molecule has 1 fully saturated rings. The number of aryl methyl sites for hydroxylation is 1. The van der Waals surface area contributed by atoms with Gasteiger partial charge in [0.15, 0.2) is 0 Å². The second-order valence-corrected chi connectivity index (χ2v) is 4.56. The zero-order valence-corrected chi connectivity index (χ0v) is 9.81. The molecule has 0 radical (unpaired) electrons. The van der Waals surface area contributed by atoms with Gasteiger partial charge in [-0.05, 0) is 37.8 Å². The molecule has 84 valence electrons. The fourth-order valence-corrected chi connectivity index (χ4v) is 2.24.